The molecule has 6 nitrogen and oxygen atoms in total. The van der Waals surface area contributed by atoms with Gasteiger partial charge in [-0.25, -0.2) is 18.5 Å². The molecule has 0 bridgehead atoms. The number of aromatic nitrogens is 2. The molecule has 3 aromatic rings. The van der Waals surface area contributed by atoms with E-state index in [2.05, 4.69) is 77.5 Å². The molecule has 172 valence electrons. The molecule has 1 aromatic carbocycles. The molecule has 0 atom stereocenters. The minimum atomic E-state index is -3.39. The fourth-order valence-electron chi connectivity index (χ4n) is 5.00. The lowest BCUT2D eigenvalue weighted by Gasteiger charge is -2.33. The standard InChI is InChI=1S/C24H31BrN4O2S/c1-15-11-20(25)12-16(2)23(15)29-14-17(3)22-21(29)13-18(4)27-24(22)28-8-5-19(6-9-28)7-10-32(26,30)31/h11-14,19H,5-10H2,1-4H3,(H2,26,30,31). The number of hydrogen-bond acceptors (Lipinski definition) is 4. The smallest absolute Gasteiger partial charge is 0.209 e. The van der Waals surface area contributed by atoms with Gasteiger partial charge in [-0.05, 0) is 87.8 Å². The minimum absolute atomic E-state index is 0.0679. The highest BCUT2D eigenvalue weighted by molar-refractivity contribution is 9.10. The Kier molecular flexibility index (Phi) is 6.40. The van der Waals surface area contributed by atoms with E-state index in [1.165, 1.54) is 33.3 Å². The summed E-state index contributed by atoms with van der Waals surface area (Å²) in [7, 11) is -3.39. The lowest BCUT2D eigenvalue weighted by Crippen LogP contribution is -2.35. The van der Waals surface area contributed by atoms with Crippen LogP contribution in [0, 0.1) is 33.6 Å². The Morgan fingerprint density at radius 3 is 2.28 bits per heavy atom. The number of rotatable bonds is 5. The van der Waals surface area contributed by atoms with Crippen LogP contribution in [0.25, 0.3) is 16.6 Å². The van der Waals surface area contributed by atoms with Gasteiger partial charge in [0.15, 0.2) is 0 Å². The summed E-state index contributed by atoms with van der Waals surface area (Å²) < 4.78 is 26.0. The molecule has 3 heterocycles. The maximum Gasteiger partial charge on any atom is 0.209 e. The first-order valence-electron chi connectivity index (χ1n) is 11.1. The van der Waals surface area contributed by atoms with Crippen molar-refractivity contribution >= 4 is 42.7 Å². The zero-order chi connectivity index (χ0) is 23.2. The van der Waals surface area contributed by atoms with Crippen molar-refractivity contribution in [3.63, 3.8) is 0 Å². The number of benzene rings is 1. The van der Waals surface area contributed by atoms with Crippen LogP contribution >= 0.6 is 15.9 Å². The van der Waals surface area contributed by atoms with E-state index < -0.39 is 10.0 Å². The molecule has 0 amide bonds. The zero-order valence-electron chi connectivity index (χ0n) is 19.2. The number of hydrogen-bond donors (Lipinski definition) is 1. The number of sulfonamides is 1. The average Bonchev–Trinajstić information content (AvgIpc) is 3.01. The molecule has 8 heteroatoms. The van der Waals surface area contributed by atoms with Crippen LogP contribution in [0.1, 0.15) is 41.6 Å². The Balaban J connectivity index is 1.70. The summed E-state index contributed by atoms with van der Waals surface area (Å²) in [4.78, 5) is 7.31. The number of nitrogens with zero attached hydrogens (tertiary/aromatic N) is 3. The fraction of sp³-hybridized carbons (Fsp3) is 0.458. The molecule has 2 aromatic heterocycles. The van der Waals surface area contributed by atoms with Crippen molar-refractivity contribution in [2.24, 2.45) is 11.1 Å². The van der Waals surface area contributed by atoms with Gasteiger partial charge in [0.2, 0.25) is 10.0 Å². The van der Waals surface area contributed by atoms with E-state index in [0.29, 0.717) is 12.3 Å². The van der Waals surface area contributed by atoms with E-state index in [0.717, 1.165) is 41.9 Å². The number of aryl methyl sites for hydroxylation is 4. The number of primary sulfonamides is 1. The molecule has 0 unspecified atom stereocenters. The van der Waals surface area contributed by atoms with Gasteiger partial charge in [-0.1, -0.05) is 15.9 Å². The minimum Gasteiger partial charge on any atom is -0.356 e. The van der Waals surface area contributed by atoms with Crippen LogP contribution in [-0.2, 0) is 10.0 Å². The lowest BCUT2D eigenvalue weighted by molar-refractivity contribution is 0.394. The first-order chi connectivity index (χ1) is 15.0. The Morgan fingerprint density at radius 1 is 1.06 bits per heavy atom. The highest BCUT2D eigenvalue weighted by atomic mass is 79.9. The molecule has 0 saturated carbocycles. The molecular weight excluding hydrogens is 488 g/mol. The number of fused-ring (bicyclic) bond motifs is 1. The van der Waals surface area contributed by atoms with Crippen molar-refractivity contribution < 1.29 is 8.42 Å². The van der Waals surface area contributed by atoms with Crippen LogP contribution in [0.4, 0.5) is 5.82 Å². The van der Waals surface area contributed by atoms with Crippen molar-refractivity contribution in [3.05, 3.63) is 51.3 Å². The summed E-state index contributed by atoms with van der Waals surface area (Å²) in [5.74, 6) is 1.50. The molecule has 0 spiro atoms. The fourth-order valence-corrected chi connectivity index (χ4v) is 6.35. The quantitative estimate of drug-likeness (QED) is 0.519. The van der Waals surface area contributed by atoms with Crippen LogP contribution in [0.15, 0.2) is 28.9 Å². The van der Waals surface area contributed by atoms with Crippen LogP contribution in [0.5, 0.6) is 0 Å². The summed E-state index contributed by atoms with van der Waals surface area (Å²) in [5, 5.41) is 6.39. The largest absolute Gasteiger partial charge is 0.356 e. The lowest BCUT2D eigenvalue weighted by atomic mass is 9.94. The molecule has 1 saturated heterocycles. The predicted molar refractivity (Wildman–Crippen MR) is 135 cm³/mol. The normalized spacial score (nSPS) is 15.6. The maximum atomic E-state index is 11.3. The summed E-state index contributed by atoms with van der Waals surface area (Å²) in [6.45, 7) is 10.3. The Morgan fingerprint density at radius 2 is 1.69 bits per heavy atom. The summed E-state index contributed by atoms with van der Waals surface area (Å²) in [5.41, 5.74) is 7.04. The Hall–Kier alpha value is -1.90. The maximum absolute atomic E-state index is 11.3. The summed E-state index contributed by atoms with van der Waals surface area (Å²) in [6.07, 6.45) is 4.77. The zero-order valence-corrected chi connectivity index (χ0v) is 21.6. The monoisotopic (exact) mass is 518 g/mol. The molecule has 1 aliphatic heterocycles. The van der Waals surface area contributed by atoms with Crippen molar-refractivity contribution in [1.29, 1.82) is 0 Å². The van der Waals surface area contributed by atoms with Gasteiger partial charge in [0.05, 0.1) is 17.0 Å². The van der Waals surface area contributed by atoms with Crippen LogP contribution < -0.4 is 10.0 Å². The third-order valence-corrected chi connectivity index (χ3v) is 7.77. The third-order valence-electron chi connectivity index (χ3n) is 6.51. The molecule has 1 aliphatic rings. The van der Waals surface area contributed by atoms with E-state index in [4.69, 9.17) is 10.1 Å². The number of nitrogens with two attached hydrogens (primary N) is 1. The number of piperidine rings is 1. The number of halogens is 1. The first kappa shape index (κ1) is 23.3. The van der Waals surface area contributed by atoms with E-state index in [-0.39, 0.29) is 5.75 Å². The van der Waals surface area contributed by atoms with Crippen LogP contribution in [-0.4, -0.2) is 36.8 Å². The van der Waals surface area contributed by atoms with Crippen molar-refractivity contribution in [3.8, 4) is 5.69 Å². The molecule has 0 radical (unpaired) electrons. The van der Waals surface area contributed by atoms with Gasteiger partial charge >= 0.3 is 0 Å². The van der Waals surface area contributed by atoms with E-state index in [1.54, 1.807) is 0 Å². The summed E-state index contributed by atoms with van der Waals surface area (Å²) >= 11 is 3.61. The van der Waals surface area contributed by atoms with Gasteiger partial charge in [-0.15, -0.1) is 0 Å². The topological polar surface area (TPSA) is 81.2 Å². The molecule has 4 rings (SSSR count). The van der Waals surface area contributed by atoms with Crippen molar-refractivity contribution in [2.75, 3.05) is 23.7 Å². The van der Waals surface area contributed by atoms with E-state index in [9.17, 15) is 8.42 Å². The molecule has 1 fully saturated rings. The molecular formula is C24H31BrN4O2S. The van der Waals surface area contributed by atoms with Crippen LogP contribution in [0.3, 0.4) is 0 Å². The van der Waals surface area contributed by atoms with Gasteiger partial charge in [0, 0.05) is 34.8 Å². The van der Waals surface area contributed by atoms with Gasteiger partial charge in [0.25, 0.3) is 0 Å². The van der Waals surface area contributed by atoms with Gasteiger partial charge in [-0.2, -0.15) is 0 Å². The second kappa shape index (κ2) is 8.80. The highest BCUT2D eigenvalue weighted by Gasteiger charge is 2.25. The molecule has 32 heavy (non-hydrogen) atoms. The van der Waals surface area contributed by atoms with Gasteiger partial charge < -0.3 is 9.47 Å². The second-order valence-corrected chi connectivity index (χ2v) is 11.8. The highest BCUT2D eigenvalue weighted by Crippen LogP contribution is 2.36. The Bertz CT molecular complexity index is 1250. The van der Waals surface area contributed by atoms with Gasteiger partial charge in [0.1, 0.15) is 5.82 Å². The predicted octanol–water partition coefficient (Wildman–Crippen LogP) is 4.92. The third kappa shape index (κ3) is 4.72. The van der Waals surface area contributed by atoms with Gasteiger partial charge in [-0.3, -0.25) is 0 Å². The van der Waals surface area contributed by atoms with Crippen molar-refractivity contribution in [2.45, 2.75) is 47.0 Å². The van der Waals surface area contributed by atoms with Crippen molar-refractivity contribution in [1.82, 2.24) is 9.55 Å². The molecule has 2 N–H and O–H groups in total. The number of anilines is 1. The first-order valence-corrected chi connectivity index (χ1v) is 13.6. The van der Waals surface area contributed by atoms with Crippen LogP contribution in [0.2, 0.25) is 0 Å². The SMILES string of the molecule is Cc1cc2c(c(C)cn2-c2c(C)cc(Br)cc2C)c(N2CCC(CCS(N)(=O)=O)CC2)n1. The number of pyridine rings is 1. The Labute approximate surface area is 199 Å². The molecule has 0 aliphatic carbocycles. The second-order valence-electron chi connectivity index (χ2n) is 9.14. The summed E-state index contributed by atoms with van der Waals surface area (Å²) in [6, 6.07) is 6.49. The van der Waals surface area contributed by atoms with E-state index in [1.807, 2.05) is 0 Å². The van der Waals surface area contributed by atoms with E-state index >= 15 is 0 Å². The average molecular weight is 520 g/mol.